The minimum absolute atomic E-state index is 0.0763. The Labute approximate surface area is 161 Å². The van der Waals surface area contributed by atoms with Gasteiger partial charge < -0.3 is 15.0 Å². The highest BCUT2D eigenvalue weighted by Gasteiger charge is 2.36. The van der Waals surface area contributed by atoms with Crippen molar-refractivity contribution < 1.29 is 22.7 Å². The number of fused-ring (bicyclic) bond motifs is 1. The van der Waals surface area contributed by atoms with Gasteiger partial charge in [0.15, 0.2) is 0 Å². The average Bonchev–Trinajstić information content (AvgIpc) is 2.91. The van der Waals surface area contributed by atoms with E-state index < -0.39 is 15.9 Å². The number of nitrogens with zero attached hydrogens (tertiary/aromatic N) is 1. The van der Waals surface area contributed by atoms with Crippen molar-refractivity contribution in [3.63, 3.8) is 0 Å². The molecule has 1 N–H and O–H groups in total. The van der Waals surface area contributed by atoms with Crippen LogP contribution in [0, 0.1) is 0 Å². The van der Waals surface area contributed by atoms with Gasteiger partial charge in [0.25, 0.3) is 5.91 Å². The van der Waals surface area contributed by atoms with E-state index in [4.69, 9.17) is 4.74 Å². The van der Waals surface area contributed by atoms with Crippen LogP contribution in [0.1, 0.15) is 42.6 Å². The SMILES string of the molecule is CC(C)OCCCNC(=O)[C@@H](CCS(C)(=O)=O)N1Cc2ccccc2C1=O. The zero-order valence-corrected chi connectivity index (χ0v) is 16.9. The molecule has 1 atom stereocenters. The molecule has 1 aliphatic heterocycles. The summed E-state index contributed by atoms with van der Waals surface area (Å²) >= 11 is 0. The van der Waals surface area contributed by atoms with E-state index in [1.54, 1.807) is 12.1 Å². The average molecular weight is 397 g/mol. The fourth-order valence-electron chi connectivity index (χ4n) is 3.00. The van der Waals surface area contributed by atoms with Crippen LogP contribution in [0.25, 0.3) is 0 Å². The minimum Gasteiger partial charge on any atom is -0.379 e. The number of amides is 2. The van der Waals surface area contributed by atoms with E-state index in [-0.39, 0.29) is 30.1 Å². The summed E-state index contributed by atoms with van der Waals surface area (Å²) in [7, 11) is -3.24. The van der Waals surface area contributed by atoms with Crippen LogP contribution < -0.4 is 5.32 Å². The molecule has 7 nitrogen and oxygen atoms in total. The van der Waals surface area contributed by atoms with E-state index in [0.29, 0.717) is 31.7 Å². The van der Waals surface area contributed by atoms with E-state index in [1.807, 2.05) is 26.0 Å². The molecule has 1 aliphatic rings. The number of hydrogen-bond donors (Lipinski definition) is 1. The van der Waals surface area contributed by atoms with Crippen molar-refractivity contribution >= 4 is 21.7 Å². The minimum atomic E-state index is -3.24. The number of hydrogen-bond acceptors (Lipinski definition) is 5. The van der Waals surface area contributed by atoms with Gasteiger partial charge in [-0.25, -0.2) is 8.42 Å². The van der Waals surface area contributed by atoms with Gasteiger partial charge in [0.2, 0.25) is 5.91 Å². The molecule has 2 amide bonds. The lowest BCUT2D eigenvalue weighted by Gasteiger charge is -2.26. The Morgan fingerprint density at radius 3 is 2.63 bits per heavy atom. The summed E-state index contributed by atoms with van der Waals surface area (Å²) in [5.41, 5.74) is 1.42. The molecule has 27 heavy (non-hydrogen) atoms. The maximum absolute atomic E-state index is 12.7. The third-order valence-electron chi connectivity index (χ3n) is 4.36. The first kappa shape index (κ1) is 21.4. The van der Waals surface area contributed by atoms with Crippen molar-refractivity contribution in [2.24, 2.45) is 0 Å². The highest BCUT2D eigenvalue weighted by atomic mass is 32.2. The zero-order valence-electron chi connectivity index (χ0n) is 16.1. The summed E-state index contributed by atoms with van der Waals surface area (Å²) in [4.78, 5) is 26.9. The Hall–Kier alpha value is -1.93. The number of benzene rings is 1. The molecule has 150 valence electrons. The van der Waals surface area contributed by atoms with Gasteiger partial charge in [-0.2, -0.15) is 0 Å². The van der Waals surface area contributed by atoms with Crippen LogP contribution >= 0.6 is 0 Å². The second kappa shape index (κ2) is 9.32. The number of rotatable bonds is 10. The molecule has 1 heterocycles. The standard InChI is InChI=1S/C19H28N2O5S/c1-14(2)26-11-6-10-20-18(22)17(9-12-27(3,24)25)21-13-15-7-4-5-8-16(15)19(21)23/h4-5,7-8,14,17H,6,9-13H2,1-3H3,(H,20,22)/t17-/m1/s1. The molecular formula is C19H28N2O5S. The normalized spacial score (nSPS) is 15.1. The molecule has 1 aromatic carbocycles. The molecule has 0 saturated heterocycles. The van der Waals surface area contributed by atoms with Crippen LogP contribution in [-0.2, 0) is 25.9 Å². The van der Waals surface area contributed by atoms with Crippen LogP contribution in [-0.4, -0.2) is 62.4 Å². The summed E-state index contributed by atoms with van der Waals surface area (Å²) in [5.74, 6) is -0.714. The molecule has 1 aromatic rings. The molecule has 0 bridgehead atoms. The van der Waals surface area contributed by atoms with E-state index in [2.05, 4.69) is 5.32 Å². The molecule has 0 aromatic heterocycles. The first-order valence-electron chi connectivity index (χ1n) is 9.15. The third kappa shape index (κ3) is 6.32. The van der Waals surface area contributed by atoms with Crippen molar-refractivity contribution in [2.45, 2.75) is 45.4 Å². The number of sulfone groups is 1. The van der Waals surface area contributed by atoms with Gasteiger partial charge in [-0.05, 0) is 38.3 Å². The Morgan fingerprint density at radius 1 is 1.30 bits per heavy atom. The number of nitrogens with one attached hydrogen (secondary N) is 1. The number of carbonyl (C=O) groups is 2. The number of carbonyl (C=O) groups excluding carboxylic acids is 2. The zero-order chi connectivity index (χ0) is 20.0. The van der Waals surface area contributed by atoms with Gasteiger partial charge >= 0.3 is 0 Å². The molecule has 0 radical (unpaired) electrons. The quantitative estimate of drug-likeness (QED) is 0.603. The molecule has 8 heteroatoms. The fraction of sp³-hybridized carbons (Fsp3) is 0.579. The summed E-state index contributed by atoms with van der Waals surface area (Å²) in [6.45, 7) is 5.14. The molecule has 0 spiro atoms. The first-order valence-corrected chi connectivity index (χ1v) is 11.2. The molecular weight excluding hydrogens is 368 g/mol. The van der Waals surface area contributed by atoms with Crippen LogP contribution in [0.5, 0.6) is 0 Å². The summed E-state index contributed by atoms with van der Waals surface area (Å²) in [6, 6.07) is 6.39. The van der Waals surface area contributed by atoms with Gasteiger partial charge in [-0.15, -0.1) is 0 Å². The van der Waals surface area contributed by atoms with Crippen molar-refractivity contribution in [2.75, 3.05) is 25.2 Å². The number of ether oxygens (including phenoxy) is 1. The van der Waals surface area contributed by atoms with Crippen LogP contribution in [0.4, 0.5) is 0 Å². The second-order valence-corrected chi connectivity index (χ2v) is 9.35. The van der Waals surface area contributed by atoms with Gasteiger partial charge in [0, 0.05) is 31.5 Å². The molecule has 2 rings (SSSR count). The smallest absolute Gasteiger partial charge is 0.255 e. The van der Waals surface area contributed by atoms with Crippen LogP contribution in [0.2, 0.25) is 0 Å². The Kier molecular flexibility index (Phi) is 7.38. The van der Waals surface area contributed by atoms with Gasteiger partial charge in [-0.1, -0.05) is 18.2 Å². The van der Waals surface area contributed by atoms with E-state index >= 15 is 0 Å². The largest absolute Gasteiger partial charge is 0.379 e. The highest BCUT2D eigenvalue weighted by Crippen LogP contribution is 2.25. The Bertz CT molecular complexity index is 776. The molecule has 0 unspecified atom stereocenters. The summed E-state index contributed by atoms with van der Waals surface area (Å²) in [5, 5.41) is 2.81. The second-order valence-electron chi connectivity index (χ2n) is 7.09. The van der Waals surface area contributed by atoms with E-state index in [0.717, 1.165) is 11.8 Å². The fourth-order valence-corrected chi connectivity index (χ4v) is 3.65. The predicted octanol–water partition coefficient (Wildman–Crippen LogP) is 1.38. The highest BCUT2D eigenvalue weighted by molar-refractivity contribution is 7.90. The summed E-state index contributed by atoms with van der Waals surface area (Å²) in [6.07, 6.45) is 1.99. The molecule has 0 aliphatic carbocycles. The van der Waals surface area contributed by atoms with Crippen molar-refractivity contribution in [3.8, 4) is 0 Å². The van der Waals surface area contributed by atoms with E-state index in [9.17, 15) is 18.0 Å². The topological polar surface area (TPSA) is 92.8 Å². The monoisotopic (exact) mass is 396 g/mol. The summed E-state index contributed by atoms with van der Waals surface area (Å²) < 4.78 is 28.6. The lowest BCUT2D eigenvalue weighted by Crippen LogP contribution is -2.48. The van der Waals surface area contributed by atoms with Crippen LogP contribution in [0.3, 0.4) is 0 Å². The maximum Gasteiger partial charge on any atom is 0.255 e. The van der Waals surface area contributed by atoms with Crippen LogP contribution in [0.15, 0.2) is 24.3 Å². The van der Waals surface area contributed by atoms with Gasteiger partial charge in [0.05, 0.1) is 11.9 Å². The predicted molar refractivity (Wildman–Crippen MR) is 103 cm³/mol. The van der Waals surface area contributed by atoms with E-state index in [1.165, 1.54) is 4.90 Å². The van der Waals surface area contributed by atoms with Crippen molar-refractivity contribution in [1.29, 1.82) is 0 Å². The first-order chi connectivity index (χ1) is 12.7. The molecule has 0 saturated carbocycles. The maximum atomic E-state index is 12.7. The lowest BCUT2D eigenvalue weighted by atomic mass is 10.1. The van der Waals surface area contributed by atoms with Gasteiger partial charge in [0.1, 0.15) is 15.9 Å². The lowest BCUT2D eigenvalue weighted by molar-refractivity contribution is -0.125. The van der Waals surface area contributed by atoms with Crippen molar-refractivity contribution in [3.05, 3.63) is 35.4 Å². The Morgan fingerprint density at radius 2 is 2.00 bits per heavy atom. The third-order valence-corrected chi connectivity index (χ3v) is 5.34. The van der Waals surface area contributed by atoms with Crippen molar-refractivity contribution in [1.82, 2.24) is 10.2 Å². The Balaban J connectivity index is 2.03. The van der Waals surface area contributed by atoms with Gasteiger partial charge in [-0.3, -0.25) is 9.59 Å². The molecule has 0 fully saturated rings.